The molecule has 3 heterocycles. The van der Waals surface area contributed by atoms with E-state index in [1.54, 1.807) is 47.7 Å². The zero-order valence-corrected chi connectivity index (χ0v) is 20.4. The summed E-state index contributed by atoms with van der Waals surface area (Å²) in [6.45, 7) is 4.25. The van der Waals surface area contributed by atoms with Gasteiger partial charge in [-0.1, -0.05) is 24.3 Å². The molecule has 2 amide bonds. The van der Waals surface area contributed by atoms with E-state index in [4.69, 9.17) is 0 Å². The second-order valence-corrected chi connectivity index (χ2v) is 10.2. The number of carbonyl (C=O) groups excluding carboxylic acids is 2. The van der Waals surface area contributed by atoms with Crippen LogP contribution in [0.2, 0.25) is 0 Å². The third-order valence-electron chi connectivity index (χ3n) is 6.71. The fraction of sp³-hybridized carbons (Fsp3) is 0.346. The van der Waals surface area contributed by atoms with Crippen LogP contribution in [0.25, 0.3) is 11.1 Å². The Bertz CT molecular complexity index is 1270. The molecule has 1 N–H and O–H groups in total. The van der Waals surface area contributed by atoms with Crippen LogP contribution < -0.4 is 5.32 Å². The lowest BCUT2D eigenvalue weighted by atomic mass is 9.97. The van der Waals surface area contributed by atoms with E-state index in [9.17, 15) is 22.8 Å². The van der Waals surface area contributed by atoms with Crippen molar-refractivity contribution in [2.45, 2.75) is 31.6 Å². The first-order chi connectivity index (χ1) is 17.2. The van der Waals surface area contributed by atoms with Gasteiger partial charge in [0.2, 0.25) is 0 Å². The van der Waals surface area contributed by atoms with Crippen LogP contribution in [0.4, 0.5) is 13.2 Å². The van der Waals surface area contributed by atoms with Crippen LogP contribution in [0.1, 0.15) is 37.7 Å². The van der Waals surface area contributed by atoms with E-state index < -0.39 is 11.7 Å². The highest BCUT2D eigenvalue weighted by Gasteiger charge is 2.36. The lowest BCUT2D eigenvalue weighted by Gasteiger charge is -2.41. The normalized spacial score (nSPS) is 18.4. The molecule has 0 radical (unpaired) electrons. The highest BCUT2D eigenvalue weighted by molar-refractivity contribution is 7.11. The summed E-state index contributed by atoms with van der Waals surface area (Å²) >= 11 is 1.34. The average molecular weight is 515 g/mol. The Morgan fingerprint density at radius 1 is 1.00 bits per heavy atom. The zero-order chi connectivity index (χ0) is 25.4. The van der Waals surface area contributed by atoms with Crippen molar-refractivity contribution in [2.24, 2.45) is 0 Å². The summed E-state index contributed by atoms with van der Waals surface area (Å²) in [6.07, 6.45) is -1.92. The van der Waals surface area contributed by atoms with Crippen LogP contribution in [0.5, 0.6) is 0 Å². The van der Waals surface area contributed by atoms with Crippen molar-refractivity contribution < 1.29 is 22.8 Å². The van der Waals surface area contributed by atoms with Gasteiger partial charge < -0.3 is 15.1 Å². The number of nitrogens with one attached hydrogen (secondary N) is 1. The Labute approximate surface area is 210 Å². The molecule has 188 valence electrons. The molecule has 0 spiro atoms. The molecule has 36 heavy (non-hydrogen) atoms. The minimum atomic E-state index is -4.41. The zero-order valence-electron chi connectivity index (χ0n) is 19.6. The molecule has 2 saturated heterocycles. The molecule has 2 aliphatic heterocycles. The SMILES string of the molecule is Cc1cc(-c2cccc(C(F)(F)F)c2)ccc1C(=O)N1CC(N[C@H]2CCN(C(=O)c3nccs3)C2)C1. The van der Waals surface area contributed by atoms with Crippen molar-refractivity contribution in [3.63, 3.8) is 0 Å². The summed E-state index contributed by atoms with van der Waals surface area (Å²) in [7, 11) is 0. The van der Waals surface area contributed by atoms with Gasteiger partial charge in [-0.05, 0) is 48.2 Å². The number of benzene rings is 2. The number of aromatic nitrogens is 1. The molecule has 3 aromatic rings. The van der Waals surface area contributed by atoms with E-state index in [2.05, 4.69) is 10.3 Å². The first-order valence-electron chi connectivity index (χ1n) is 11.7. The van der Waals surface area contributed by atoms with E-state index in [-0.39, 0.29) is 23.9 Å². The molecule has 2 fully saturated rings. The number of hydrogen-bond acceptors (Lipinski definition) is 5. The number of likely N-dealkylation sites (tertiary alicyclic amines) is 2. The maximum absolute atomic E-state index is 13.1. The van der Waals surface area contributed by atoms with E-state index in [0.29, 0.717) is 47.9 Å². The summed E-state index contributed by atoms with van der Waals surface area (Å²) in [6, 6.07) is 10.7. The van der Waals surface area contributed by atoms with Crippen LogP contribution in [-0.2, 0) is 6.18 Å². The molecular weight excluding hydrogens is 489 g/mol. The smallest absolute Gasteiger partial charge is 0.335 e. The van der Waals surface area contributed by atoms with Gasteiger partial charge in [0, 0.05) is 55.4 Å². The van der Waals surface area contributed by atoms with Gasteiger partial charge in [0.1, 0.15) is 0 Å². The number of aryl methyl sites for hydroxylation is 1. The number of alkyl halides is 3. The van der Waals surface area contributed by atoms with Gasteiger partial charge in [-0.15, -0.1) is 11.3 Å². The van der Waals surface area contributed by atoms with Gasteiger partial charge in [0.25, 0.3) is 11.8 Å². The summed E-state index contributed by atoms with van der Waals surface area (Å²) in [4.78, 5) is 33.2. The van der Waals surface area contributed by atoms with Crippen molar-refractivity contribution in [1.29, 1.82) is 0 Å². The van der Waals surface area contributed by atoms with Crippen molar-refractivity contribution in [3.05, 3.63) is 75.7 Å². The van der Waals surface area contributed by atoms with Crippen molar-refractivity contribution in [1.82, 2.24) is 20.1 Å². The lowest BCUT2D eigenvalue weighted by molar-refractivity contribution is -0.137. The first kappa shape index (κ1) is 24.5. The molecular formula is C26H25F3N4O2S. The molecule has 2 aliphatic rings. The van der Waals surface area contributed by atoms with Crippen molar-refractivity contribution in [2.75, 3.05) is 26.2 Å². The van der Waals surface area contributed by atoms with Gasteiger partial charge in [0.15, 0.2) is 5.01 Å². The molecule has 0 aliphatic carbocycles. The Hall–Kier alpha value is -3.24. The fourth-order valence-electron chi connectivity index (χ4n) is 4.76. The number of hydrogen-bond donors (Lipinski definition) is 1. The van der Waals surface area contributed by atoms with Gasteiger partial charge in [0.05, 0.1) is 5.56 Å². The predicted molar refractivity (Wildman–Crippen MR) is 131 cm³/mol. The second kappa shape index (κ2) is 9.67. The topological polar surface area (TPSA) is 65.5 Å². The van der Waals surface area contributed by atoms with Gasteiger partial charge in [-0.2, -0.15) is 13.2 Å². The minimum Gasteiger partial charge on any atom is -0.335 e. The number of rotatable bonds is 5. The van der Waals surface area contributed by atoms with Crippen molar-refractivity contribution >= 4 is 23.2 Å². The second-order valence-electron chi connectivity index (χ2n) is 9.26. The highest BCUT2D eigenvalue weighted by atomic mass is 32.1. The highest BCUT2D eigenvalue weighted by Crippen LogP contribution is 2.33. The van der Waals surface area contributed by atoms with Crippen LogP contribution in [-0.4, -0.2) is 64.9 Å². The number of halogens is 3. The maximum Gasteiger partial charge on any atom is 0.416 e. The van der Waals surface area contributed by atoms with E-state index in [1.165, 1.54) is 17.4 Å². The summed E-state index contributed by atoms with van der Waals surface area (Å²) < 4.78 is 39.2. The molecule has 1 atom stereocenters. The Morgan fingerprint density at radius 3 is 2.44 bits per heavy atom. The Morgan fingerprint density at radius 2 is 1.75 bits per heavy atom. The molecule has 10 heteroatoms. The van der Waals surface area contributed by atoms with Crippen LogP contribution in [0.15, 0.2) is 54.0 Å². The molecule has 5 rings (SSSR count). The Kier molecular flexibility index (Phi) is 6.57. The molecule has 0 unspecified atom stereocenters. The number of amides is 2. The summed E-state index contributed by atoms with van der Waals surface area (Å²) in [5.74, 6) is -0.128. The fourth-order valence-corrected chi connectivity index (χ4v) is 5.36. The quantitative estimate of drug-likeness (QED) is 0.546. The summed E-state index contributed by atoms with van der Waals surface area (Å²) in [5.41, 5.74) is 1.66. The molecule has 1 aromatic heterocycles. The van der Waals surface area contributed by atoms with Crippen molar-refractivity contribution in [3.8, 4) is 11.1 Å². The van der Waals surface area contributed by atoms with Gasteiger partial charge >= 0.3 is 6.18 Å². The van der Waals surface area contributed by atoms with E-state index in [0.717, 1.165) is 24.1 Å². The minimum absolute atomic E-state index is 0.0382. The van der Waals surface area contributed by atoms with Crippen LogP contribution >= 0.6 is 11.3 Å². The first-order valence-corrected chi connectivity index (χ1v) is 12.6. The largest absolute Gasteiger partial charge is 0.416 e. The molecule has 0 saturated carbocycles. The third-order valence-corrected chi connectivity index (χ3v) is 7.47. The number of thiazole rings is 1. The molecule has 0 bridgehead atoms. The van der Waals surface area contributed by atoms with E-state index >= 15 is 0 Å². The third kappa shape index (κ3) is 5.01. The standard InChI is InChI=1S/C26H25F3N4O2S/c1-16-11-18(17-3-2-4-19(12-17)26(27,28)29)5-6-22(16)24(34)33-14-21(15-33)31-20-7-9-32(13-20)25(35)23-30-8-10-36-23/h2-6,8,10-12,20-21,31H,7,9,13-15H2,1H3/t20-/m0/s1. The van der Waals surface area contributed by atoms with Crippen LogP contribution in [0, 0.1) is 6.92 Å². The van der Waals surface area contributed by atoms with E-state index in [1.807, 2.05) is 4.90 Å². The number of carbonyl (C=O) groups is 2. The summed E-state index contributed by atoms with van der Waals surface area (Å²) in [5, 5.41) is 5.84. The monoisotopic (exact) mass is 514 g/mol. The number of nitrogens with zero attached hydrogens (tertiary/aromatic N) is 3. The maximum atomic E-state index is 13.1. The predicted octanol–water partition coefficient (Wildman–Crippen LogP) is 4.47. The van der Waals surface area contributed by atoms with Gasteiger partial charge in [-0.3, -0.25) is 9.59 Å². The van der Waals surface area contributed by atoms with Gasteiger partial charge in [-0.25, -0.2) is 4.98 Å². The Balaban J connectivity index is 1.16. The molecule has 2 aromatic carbocycles. The molecule has 6 nitrogen and oxygen atoms in total. The lowest BCUT2D eigenvalue weighted by Crippen LogP contribution is -2.62. The van der Waals surface area contributed by atoms with Crippen LogP contribution in [0.3, 0.4) is 0 Å². The average Bonchev–Trinajstić information content (AvgIpc) is 3.52.